The van der Waals surface area contributed by atoms with Gasteiger partial charge in [0.25, 0.3) is 11.8 Å². The molecule has 1 saturated heterocycles. The normalized spacial score (nSPS) is 24.5. The molecule has 2 heterocycles. The molecule has 21 heavy (non-hydrogen) atoms. The standard InChI is InChI=1S/C14H14N2O5/c17-11(18)6-16-12(19)9-2-1-8(5-10(9)13(16)20)14(21)3-4-15-7-14/h1-2,5,15,21H,3-4,6-7H2,(H,17,18). The number of imide groups is 1. The van der Waals surface area contributed by atoms with Gasteiger partial charge in [-0.15, -0.1) is 0 Å². The van der Waals surface area contributed by atoms with Crippen LogP contribution in [0.1, 0.15) is 32.7 Å². The molecule has 0 spiro atoms. The molecule has 1 aromatic rings. The average molecular weight is 290 g/mol. The number of carbonyl (C=O) groups is 3. The van der Waals surface area contributed by atoms with Gasteiger partial charge in [-0.05, 0) is 30.7 Å². The first-order valence-electron chi connectivity index (χ1n) is 6.58. The topological polar surface area (TPSA) is 107 Å². The van der Waals surface area contributed by atoms with E-state index in [2.05, 4.69) is 5.32 Å². The molecule has 0 bridgehead atoms. The zero-order valence-electron chi connectivity index (χ0n) is 11.1. The maximum atomic E-state index is 12.2. The Morgan fingerprint density at radius 1 is 1.29 bits per heavy atom. The van der Waals surface area contributed by atoms with E-state index in [0.29, 0.717) is 30.0 Å². The maximum Gasteiger partial charge on any atom is 0.323 e. The number of carboxylic acid groups (broad SMARTS) is 1. The minimum Gasteiger partial charge on any atom is -0.480 e. The molecule has 1 unspecified atom stereocenters. The van der Waals surface area contributed by atoms with Gasteiger partial charge in [0, 0.05) is 6.54 Å². The lowest BCUT2D eigenvalue weighted by molar-refractivity contribution is -0.137. The predicted molar refractivity (Wildman–Crippen MR) is 70.8 cm³/mol. The van der Waals surface area contributed by atoms with Crippen LogP contribution in [0.15, 0.2) is 18.2 Å². The van der Waals surface area contributed by atoms with Gasteiger partial charge in [0.1, 0.15) is 12.1 Å². The molecule has 7 heteroatoms. The summed E-state index contributed by atoms with van der Waals surface area (Å²) in [6.45, 7) is 0.395. The Morgan fingerprint density at radius 2 is 2.00 bits per heavy atom. The maximum absolute atomic E-state index is 12.2. The Hall–Kier alpha value is -2.25. The number of carbonyl (C=O) groups excluding carboxylic acids is 2. The van der Waals surface area contributed by atoms with E-state index in [1.165, 1.54) is 12.1 Å². The van der Waals surface area contributed by atoms with Crippen molar-refractivity contribution in [1.82, 2.24) is 10.2 Å². The molecular formula is C14H14N2O5. The van der Waals surface area contributed by atoms with Crippen LogP contribution in [-0.4, -0.2) is 52.5 Å². The fourth-order valence-electron chi connectivity index (χ4n) is 2.78. The number of nitrogens with one attached hydrogen (secondary N) is 1. The van der Waals surface area contributed by atoms with Crippen molar-refractivity contribution in [3.63, 3.8) is 0 Å². The molecular weight excluding hydrogens is 276 g/mol. The third kappa shape index (κ3) is 2.10. The Morgan fingerprint density at radius 3 is 2.62 bits per heavy atom. The Bertz CT molecular complexity index is 649. The van der Waals surface area contributed by atoms with Crippen LogP contribution in [-0.2, 0) is 10.4 Å². The van der Waals surface area contributed by atoms with E-state index >= 15 is 0 Å². The molecule has 3 N–H and O–H groups in total. The molecule has 2 aliphatic heterocycles. The van der Waals surface area contributed by atoms with Gasteiger partial charge in [-0.3, -0.25) is 19.3 Å². The SMILES string of the molecule is O=C(O)CN1C(=O)c2ccc(C3(O)CCNC3)cc2C1=O. The third-order valence-electron chi connectivity index (χ3n) is 3.93. The summed E-state index contributed by atoms with van der Waals surface area (Å²) in [5.74, 6) is -2.49. The molecule has 0 saturated carbocycles. The second kappa shape index (κ2) is 4.64. The summed E-state index contributed by atoms with van der Waals surface area (Å²) in [4.78, 5) is 35.6. The fraction of sp³-hybridized carbons (Fsp3) is 0.357. The Kier molecular flexibility index (Phi) is 3.03. The molecule has 2 aliphatic rings. The van der Waals surface area contributed by atoms with Gasteiger partial charge in [-0.1, -0.05) is 6.07 Å². The van der Waals surface area contributed by atoms with Gasteiger partial charge in [0.2, 0.25) is 0 Å². The molecule has 3 rings (SSSR count). The molecule has 0 aromatic heterocycles. The number of aliphatic hydroxyl groups is 1. The molecule has 2 amide bonds. The van der Waals surface area contributed by atoms with Crippen molar-refractivity contribution >= 4 is 17.8 Å². The van der Waals surface area contributed by atoms with E-state index in [-0.39, 0.29) is 11.1 Å². The highest BCUT2D eigenvalue weighted by molar-refractivity contribution is 6.22. The number of amides is 2. The fourth-order valence-corrected chi connectivity index (χ4v) is 2.78. The van der Waals surface area contributed by atoms with E-state index in [1.54, 1.807) is 6.07 Å². The first-order chi connectivity index (χ1) is 9.92. The number of hydrogen-bond donors (Lipinski definition) is 3. The van der Waals surface area contributed by atoms with Crippen molar-refractivity contribution < 1.29 is 24.6 Å². The van der Waals surface area contributed by atoms with Crippen LogP contribution in [0.3, 0.4) is 0 Å². The molecule has 1 aromatic carbocycles. The average Bonchev–Trinajstić information content (AvgIpc) is 2.98. The lowest BCUT2D eigenvalue weighted by Crippen LogP contribution is -2.34. The van der Waals surface area contributed by atoms with E-state index < -0.39 is 29.9 Å². The van der Waals surface area contributed by atoms with E-state index in [0.717, 1.165) is 0 Å². The number of β-amino-alcohol motifs (C(OH)–C–C–N with tert-alkyl or cyclic N) is 1. The van der Waals surface area contributed by atoms with Crippen molar-refractivity contribution in [2.24, 2.45) is 0 Å². The summed E-state index contributed by atoms with van der Waals surface area (Å²) in [5.41, 5.74) is -0.165. The van der Waals surface area contributed by atoms with Gasteiger partial charge in [-0.2, -0.15) is 0 Å². The first kappa shape index (κ1) is 13.7. The summed E-state index contributed by atoms with van der Waals surface area (Å²) >= 11 is 0. The Balaban J connectivity index is 1.98. The van der Waals surface area contributed by atoms with Crippen molar-refractivity contribution in [3.8, 4) is 0 Å². The number of hydrogen-bond acceptors (Lipinski definition) is 5. The van der Waals surface area contributed by atoms with E-state index in [1.807, 2.05) is 0 Å². The summed E-state index contributed by atoms with van der Waals surface area (Å²) in [6, 6.07) is 4.58. The zero-order valence-corrected chi connectivity index (χ0v) is 11.1. The summed E-state index contributed by atoms with van der Waals surface area (Å²) in [5, 5.41) is 22.3. The highest BCUT2D eigenvalue weighted by Gasteiger charge is 2.39. The summed E-state index contributed by atoms with van der Waals surface area (Å²) in [7, 11) is 0. The van der Waals surface area contributed by atoms with Crippen LogP contribution in [0.4, 0.5) is 0 Å². The smallest absolute Gasteiger partial charge is 0.323 e. The van der Waals surface area contributed by atoms with Gasteiger partial charge >= 0.3 is 5.97 Å². The van der Waals surface area contributed by atoms with Gasteiger partial charge in [-0.25, -0.2) is 0 Å². The zero-order chi connectivity index (χ0) is 15.2. The van der Waals surface area contributed by atoms with Crippen molar-refractivity contribution in [2.75, 3.05) is 19.6 Å². The first-order valence-corrected chi connectivity index (χ1v) is 6.58. The summed E-state index contributed by atoms with van der Waals surface area (Å²) in [6.07, 6.45) is 0.521. The lowest BCUT2D eigenvalue weighted by atomic mass is 9.90. The third-order valence-corrected chi connectivity index (χ3v) is 3.93. The minimum atomic E-state index is -1.25. The van der Waals surface area contributed by atoms with Crippen molar-refractivity contribution in [2.45, 2.75) is 12.0 Å². The van der Waals surface area contributed by atoms with Crippen LogP contribution in [0.5, 0.6) is 0 Å². The number of benzene rings is 1. The summed E-state index contributed by atoms with van der Waals surface area (Å²) < 4.78 is 0. The minimum absolute atomic E-state index is 0.152. The van der Waals surface area contributed by atoms with Gasteiger partial charge in [0.15, 0.2) is 0 Å². The molecule has 0 aliphatic carbocycles. The predicted octanol–water partition coefficient (Wildman–Crippen LogP) is -0.452. The lowest BCUT2D eigenvalue weighted by Gasteiger charge is -2.22. The molecule has 1 fully saturated rings. The van der Waals surface area contributed by atoms with Crippen LogP contribution in [0.25, 0.3) is 0 Å². The number of carboxylic acids is 1. The second-order valence-corrected chi connectivity index (χ2v) is 5.31. The molecule has 0 radical (unpaired) electrons. The highest BCUT2D eigenvalue weighted by atomic mass is 16.4. The monoisotopic (exact) mass is 290 g/mol. The van der Waals surface area contributed by atoms with E-state index in [4.69, 9.17) is 5.11 Å². The quantitative estimate of drug-likeness (QED) is 0.651. The Labute approximate surface area is 120 Å². The van der Waals surface area contributed by atoms with Gasteiger partial charge in [0.05, 0.1) is 11.1 Å². The molecule has 110 valence electrons. The number of nitrogens with zero attached hydrogens (tertiary/aromatic N) is 1. The largest absolute Gasteiger partial charge is 0.480 e. The van der Waals surface area contributed by atoms with Crippen molar-refractivity contribution in [3.05, 3.63) is 34.9 Å². The number of fused-ring (bicyclic) bond motifs is 1. The van der Waals surface area contributed by atoms with Gasteiger partial charge < -0.3 is 15.5 Å². The van der Waals surface area contributed by atoms with Crippen LogP contribution in [0.2, 0.25) is 0 Å². The number of aliphatic carboxylic acids is 1. The van der Waals surface area contributed by atoms with Crippen LogP contribution < -0.4 is 5.32 Å². The molecule has 1 atom stereocenters. The molecule has 7 nitrogen and oxygen atoms in total. The highest BCUT2D eigenvalue weighted by Crippen LogP contribution is 2.32. The number of rotatable bonds is 3. The second-order valence-electron chi connectivity index (χ2n) is 5.31. The van der Waals surface area contributed by atoms with Crippen LogP contribution in [0, 0.1) is 0 Å². The van der Waals surface area contributed by atoms with Crippen molar-refractivity contribution in [1.29, 1.82) is 0 Å². The van der Waals surface area contributed by atoms with E-state index in [9.17, 15) is 19.5 Å². The van der Waals surface area contributed by atoms with Crippen LogP contribution >= 0.6 is 0 Å².